The SMILES string of the molecule is COc1ccc(C(=O)Oc2ccc(C)cc2)cc1S(=O)(=O)NC1CCCC1. The highest BCUT2D eigenvalue weighted by atomic mass is 32.2. The zero-order valence-electron chi connectivity index (χ0n) is 15.4. The number of benzene rings is 2. The Balaban J connectivity index is 1.85. The predicted octanol–water partition coefficient (Wildman–Crippen LogP) is 3.44. The first kappa shape index (κ1) is 19.4. The first-order valence-corrected chi connectivity index (χ1v) is 10.4. The number of nitrogens with one attached hydrogen (secondary N) is 1. The molecule has 0 unspecified atom stereocenters. The largest absolute Gasteiger partial charge is 0.495 e. The van der Waals surface area contributed by atoms with E-state index in [4.69, 9.17) is 9.47 Å². The zero-order valence-corrected chi connectivity index (χ0v) is 16.2. The molecule has 0 heterocycles. The van der Waals surface area contributed by atoms with Crippen molar-refractivity contribution >= 4 is 16.0 Å². The second-order valence-corrected chi connectivity index (χ2v) is 8.35. The highest BCUT2D eigenvalue weighted by Crippen LogP contribution is 2.28. The van der Waals surface area contributed by atoms with Gasteiger partial charge in [0, 0.05) is 6.04 Å². The summed E-state index contributed by atoms with van der Waals surface area (Å²) in [6.45, 7) is 1.93. The van der Waals surface area contributed by atoms with Crippen LogP contribution in [-0.2, 0) is 10.0 Å². The van der Waals surface area contributed by atoms with Gasteiger partial charge in [0.05, 0.1) is 12.7 Å². The molecule has 1 saturated carbocycles. The summed E-state index contributed by atoms with van der Waals surface area (Å²) in [5.41, 5.74) is 1.19. The van der Waals surface area contributed by atoms with Gasteiger partial charge in [-0.1, -0.05) is 30.5 Å². The smallest absolute Gasteiger partial charge is 0.343 e. The number of carbonyl (C=O) groups excluding carboxylic acids is 1. The van der Waals surface area contributed by atoms with Crippen molar-refractivity contribution in [2.45, 2.75) is 43.5 Å². The van der Waals surface area contributed by atoms with Crippen LogP contribution in [-0.4, -0.2) is 27.5 Å². The van der Waals surface area contributed by atoms with Gasteiger partial charge in [0.1, 0.15) is 16.4 Å². The predicted molar refractivity (Wildman–Crippen MR) is 102 cm³/mol. The molecule has 1 fully saturated rings. The van der Waals surface area contributed by atoms with E-state index in [-0.39, 0.29) is 22.3 Å². The van der Waals surface area contributed by atoms with Gasteiger partial charge in [-0.2, -0.15) is 0 Å². The summed E-state index contributed by atoms with van der Waals surface area (Å²) >= 11 is 0. The van der Waals surface area contributed by atoms with Crippen LogP contribution >= 0.6 is 0 Å². The lowest BCUT2D eigenvalue weighted by Crippen LogP contribution is -2.33. The van der Waals surface area contributed by atoms with Gasteiger partial charge in [-0.3, -0.25) is 0 Å². The van der Waals surface area contributed by atoms with E-state index in [1.165, 1.54) is 25.3 Å². The molecule has 2 aromatic carbocycles. The number of rotatable bonds is 6. The lowest BCUT2D eigenvalue weighted by molar-refractivity contribution is 0.0734. The fourth-order valence-corrected chi connectivity index (χ4v) is 4.61. The molecule has 144 valence electrons. The molecule has 0 aliphatic heterocycles. The van der Waals surface area contributed by atoms with Crippen molar-refractivity contribution in [3.8, 4) is 11.5 Å². The van der Waals surface area contributed by atoms with E-state index >= 15 is 0 Å². The van der Waals surface area contributed by atoms with Gasteiger partial charge in [-0.05, 0) is 50.1 Å². The molecule has 0 aromatic heterocycles. The molecule has 0 spiro atoms. The third-order valence-electron chi connectivity index (χ3n) is 4.60. The number of ether oxygens (including phenoxy) is 2. The van der Waals surface area contributed by atoms with Gasteiger partial charge in [-0.25, -0.2) is 17.9 Å². The van der Waals surface area contributed by atoms with E-state index in [0.29, 0.717) is 5.75 Å². The molecule has 3 rings (SSSR count). The van der Waals surface area contributed by atoms with E-state index in [1.54, 1.807) is 12.1 Å². The summed E-state index contributed by atoms with van der Waals surface area (Å²) in [6.07, 6.45) is 3.65. The molecular formula is C20H23NO5S. The second-order valence-electron chi connectivity index (χ2n) is 6.67. The van der Waals surface area contributed by atoms with E-state index in [0.717, 1.165) is 31.2 Å². The maximum Gasteiger partial charge on any atom is 0.343 e. The molecule has 0 radical (unpaired) electrons. The fourth-order valence-electron chi connectivity index (χ4n) is 3.11. The van der Waals surface area contributed by atoms with Crippen LogP contribution in [0.25, 0.3) is 0 Å². The Bertz CT molecular complexity index is 916. The van der Waals surface area contributed by atoms with Crippen LogP contribution < -0.4 is 14.2 Å². The molecule has 0 saturated heterocycles. The number of carbonyl (C=O) groups is 1. The lowest BCUT2D eigenvalue weighted by atomic mass is 10.2. The van der Waals surface area contributed by atoms with Crippen LogP contribution in [0, 0.1) is 6.92 Å². The lowest BCUT2D eigenvalue weighted by Gasteiger charge is -2.15. The molecule has 0 bridgehead atoms. The second kappa shape index (κ2) is 8.10. The average Bonchev–Trinajstić information content (AvgIpc) is 3.15. The van der Waals surface area contributed by atoms with Crippen LogP contribution in [0.2, 0.25) is 0 Å². The van der Waals surface area contributed by atoms with Crippen molar-refractivity contribution in [2.24, 2.45) is 0 Å². The summed E-state index contributed by atoms with van der Waals surface area (Å²) in [4.78, 5) is 12.4. The zero-order chi connectivity index (χ0) is 19.4. The third kappa shape index (κ3) is 4.67. The molecule has 27 heavy (non-hydrogen) atoms. The monoisotopic (exact) mass is 389 g/mol. The summed E-state index contributed by atoms with van der Waals surface area (Å²) in [7, 11) is -2.41. The Labute approximate surface area is 159 Å². The highest BCUT2D eigenvalue weighted by molar-refractivity contribution is 7.89. The number of aryl methyl sites for hydroxylation is 1. The molecule has 6 nitrogen and oxygen atoms in total. The Hall–Kier alpha value is -2.38. The minimum absolute atomic E-state index is 0.0599. The van der Waals surface area contributed by atoms with Crippen LogP contribution in [0.15, 0.2) is 47.4 Å². The maximum atomic E-state index is 12.8. The Morgan fingerprint density at radius 2 is 1.74 bits per heavy atom. The van der Waals surface area contributed by atoms with Crippen molar-refractivity contribution < 1.29 is 22.7 Å². The van der Waals surface area contributed by atoms with Crippen molar-refractivity contribution in [3.63, 3.8) is 0 Å². The fraction of sp³-hybridized carbons (Fsp3) is 0.350. The van der Waals surface area contributed by atoms with Gasteiger partial charge in [0.25, 0.3) is 0 Å². The number of hydrogen-bond acceptors (Lipinski definition) is 5. The summed E-state index contributed by atoms with van der Waals surface area (Å²) in [5, 5.41) is 0. The summed E-state index contributed by atoms with van der Waals surface area (Å²) in [6, 6.07) is 11.2. The van der Waals surface area contributed by atoms with Gasteiger partial charge in [0.15, 0.2) is 0 Å². The minimum atomic E-state index is -3.80. The molecule has 1 aliphatic rings. The Morgan fingerprint density at radius 3 is 2.37 bits per heavy atom. The molecule has 2 aromatic rings. The van der Waals surface area contributed by atoms with Crippen molar-refractivity contribution in [1.29, 1.82) is 0 Å². The van der Waals surface area contributed by atoms with Gasteiger partial charge in [-0.15, -0.1) is 0 Å². The molecular weight excluding hydrogens is 366 g/mol. The first-order chi connectivity index (χ1) is 12.9. The molecule has 7 heteroatoms. The number of hydrogen-bond donors (Lipinski definition) is 1. The van der Waals surface area contributed by atoms with Gasteiger partial charge < -0.3 is 9.47 Å². The van der Waals surface area contributed by atoms with Gasteiger partial charge >= 0.3 is 5.97 Å². The van der Waals surface area contributed by atoms with Gasteiger partial charge in [0.2, 0.25) is 10.0 Å². The van der Waals surface area contributed by atoms with Crippen molar-refractivity contribution in [3.05, 3.63) is 53.6 Å². The molecule has 1 aliphatic carbocycles. The Kier molecular flexibility index (Phi) is 5.82. The van der Waals surface area contributed by atoms with Crippen molar-refractivity contribution in [2.75, 3.05) is 7.11 Å². The van der Waals surface area contributed by atoms with Crippen LogP contribution in [0.4, 0.5) is 0 Å². The normalized spacial score (nSPS) is 14.9. The topological polar surface area (TPSA) is 81.7 Å². The van der Waals surface area contributed by atoms with E-state index in [1.807, 2.05) is 19.1 Å². The van der Waals surface area contributed by atoms with E-state index in [9.17, 15) is 13.2 Å². The third-order valence-corrected chi connectivity index (χ3v) is 6.14. The highest BCUT2D eigenvalue weighted by Gasteiger charge is 2.27. The van der Waals surface area contributed by atoms with Crippen molar-refractivity contribution in [1.82, 2.24) is 4.72 Å². The number of esters is 1. The minimum Gasteiger partial charge on any atom is -0.495 e. The van der Waals surface area contributed by atoms with Crippen LogP contribution in [0.5, 0.6) is 11.5 Å². The van der Waals surface area contributed by atoms with Crippen LogP contribution in [0.1, 0.15) is 41.6 Å². The average molecular weight is 389 g/mol. The van der Waals surface area contributed by atoms with E-state index < -0.39 is 16.0 Å². The maximum absolute atomic E-state index is 12.8. The number of sulfonamides is 1. The molecule has 1 N–H and O–H groups in total. The summed E-state index contributed by atoms with van der Waals surface area (Å²) in [5.74, 6) is -0.0406. The van der Waals surface area contributed by atoms with Crippen LogP contribution in [0.3, 0.4) is 0 Å². The molecule has 0 amide bonds. The molecule has 0 atom stereocenters. The first-order valence-electron chi connectivity index (χ1n) is 8.88. The van der Waals surface area contributed by atoms with E-state index in [2.05, 4.69) is 4.72 Å². The number of methoxy groups -OCH3 is 1. The standard InChI is InChI=1S/C20H23NO5S/c1-14-7-10-17(11-8-14)26-20(22)15-9-12-18(25-2)19(13-15)27(23,24)21-16-5-3-4-6-16/h7-13,16,21H,3-6H2,1-2H3. The Morgan fingerprint density at radius 1 is 1.07 bits per heavy atom. The summed E-state index contributed by atoms with van der Waals surface area (Å²) < 4.78 is 38.8. The quantitative estimate of drug-likeness (QED) is 0.604.